The Morgan fingerprint density at radius 1 is 0.312 bits per heavy atom. The van der Waals surface area contributed by atoms with Gasteiger partial charge in [-0.25, -0.2) is 0 Å². The Balaban J connectivity index is 1.06. The van der Waals surface area contributed by atoms with Gasteiger partial charge in [-0.15, -0.1) is 0 Å². The van der Waals surface area contributed by atoms with Crippen molar-refractivity contribution >= 4 is 0 Å². The second-order valence-corrected chi connectivity index (χ2v) is 12.4. The first-order valence-corrected chi connectivity index (χ1v) is 16.9. The van der Waals surface area contributed by atoms with Gasteiger partial charge < -0.3 is 0 Å². The lowest BCUT2D eigenvalue weighted by atomic mass is 9.92. The molecule has 0 saturated heterocycles. The van der Waals surface area contributed by atoms with Gasteiger partial charge in [0.15, 0.2) is 0 Å². The molecule has 3 nitrogen and oxygen atoms in total. The predicted octanol–water partition coefficient (Wildman–Crippen LogP) is 10.2. The van der Waals surface area contributed by atoms with Crippen LogP contribution in [0.2, 0.25) is 0 Å². The molecule has 0 aliphatic rings. The Kier molecular flexibility index (Phi) is 9.85. The fourth-order valence-electron chi connectivity index (χ4n) is 6.27. The molecule has 0 aliphatic carbocycles. The van der Waals surface area contributed by atoms with Crippen molar-refractivity contribution in [2.45, 2.75) is 38.5 Å². The molecule has 0 bridgehead atoms. The molecule has 4 aromatic carbocycles. The van der Waals surface area contributed by atoms with E-state index in [9.17, 15) is 0 Å². The lowest BCUT2D eigenvalue weighted by Crippen LogP contribution is -2.03. The molecule has 0 spiro atoms. The van der Waals surface area contributed by atoms with Crippen LogP contribution in [-0.2, 0) is 38.5 Å². The molecule has 7 rings (SSSR count). The van der Waals surface area contributed by atoms with Crippen LogP contribution in [0.4, 0.5) is 0 Å². The van der Waals surface area contributed by atoms with Crippen LogP contribution < -0.4 is 0 Å². The molecule has 0 aliphatic heterocycles. The third kappa shape index (κ3) is 8.00. The van der Waals surface area contributed by atoms with Crippen molar-refractivity contribution in [3.8, 4) is 33.6 Å². The Labute approximate surface area is 284 Å². The van der Waals surface area contributed by atoms with E-state index in [1.165, 1.54) is 44.5 Å². The SMILES string of the molecule is c1ccc(-c2cncc(CCc3ccc(CCc4ccc(-c5ccccc5)nc4)c(CCc4ccc(-c5ccccc5)nc4)c3)c2)cc1. The summed E-state index contributed by atoms with van der Waals surface area (Å²) in [7, 11) is 0. The summed E-state index contributed by atoms with van der Waals surface area (Å²) < 4.78 is 0. The second-order valence-electron chi connectivity index (χ2n) is 12.4. The van der Waals surface area contributed by atoms with Crippen molar-refractivity contribution in [1.29, 1.82) is 0 Å². The number of hydrogen-bond donors (Lipinski definition) is 0. The minimum atomic E-state index is 0.953. The van der Waals surface area contributed by atoms with E-state index in [0.29, 0.717) is 0 Å². The quantitative estimate of drug-likeness (QED) is 0.136. The zero-order chi connectivity index (χ0) is 32.4. The van der Waals surface area contributed by atoms with Crippen molar-refractivity contribution in [2.75, 3.05) is 0 Å². The zero-order valence-electron chi connectivity index (χ0n) is 27.2. The number of pyridine rings is 3. The molecular weight excluding hydrogens is 583 g/mol. The molecule has 234 valence electrons. The van der Waals surface area contributed by atoms with Crippen LogP contribution in [0.25, 0.3) is 33.6 Å². The average molecular weight is 622 g/mol. The zero-order valence-corrected chi connectivity index (χ0v) is 27.2. The molecule has 0 fully saturated rings. The summed E-state index contributed by atoms with van der Waals surface area (Å²) in [6.07, 6.45) is 13.8. The maximum atomic E-state index is 4.79. The molecule has 0 N–H and O–H groups in total. The van der Waals surface area contributed by atoms with Gasteiger partial charge in [0.05, 0.1) is 11.4 Å². The van der Waals surface area contributed by atoms with E-state index in [4.69, 9.17) is 9.97 Å². The van der Waals surface area contributed by atoms with Gasteiger partial charge in [0.1, 0.15) is 0 Å². The van der Waals surface area contributed by atoms with Gasteiger partial charge in [0, 0.05) is 41.5 Å². The van der Waals surface area contributed by atoms with E-state index in [1.54, 1.807) is 0 Å². The molecule has 3 heterocycles. The Morgan fingerprint density at radius 2 is 0.812 bits per heavy atom. The highest BCUT2D eigenvalue weighted by Gasteiger charge is 2.09. The van der Waals surface area contributed by atoms with Crippen molar-refractivity contribution in [2.24, 2.45) is 0 Å². The van der Waals surface area contributed by atoms with Crippen LogP contribution in [0.5, 0.6) is 0 Å². The summed E-state index contributed by atoms with van der Waals surface area (Å²) in [4.78, 5) is 14.1. The first-order valence-electron chi connectivity index (χ1n) is 16.9. The summed E-state index contributed by atoms with van der Waals surface area (Å²) >= 11 is 0. The van der Waals surface area contributed by atoms with Gasteiger partial charge in [-0.1, -0.05) is 121 Å². The van der Waals surface area contributed by atoms with Crippen LogP contribution in [0.1, 0.15) is 33.4 Å². The molecule has 0 amide bonds. The molecule has 0 radical (unpaired) electrons. The average Bonchev–Trinajstić information content (AvgIpc) is 3.17. The van der Waals surface area contributed by atoms with Gasteiger partial charge >= 0.3 is 0 Å². The van der Waals surface area contributed by atoms with Crippen molar-refractivity contribution in [3.05, 3.63) is 198 Å². The second kappa shape index (κ2) is 15.3. The molecule has 0 unspecified atom stereocenters. The van der Waals surface area contributed by atoms with Crippen LogP contribution in [0.15, 0.2) is 164 Å². The highest BCUT2D eigenvalue weighted by Crippen LogP contribution is 2.23. The maximum Gasteiger partial charge on any atom is 0.0702 e. The Morgan fingerprint density at radius 3 is 1.38 bits per heavy atom. The lowest BCUT2D eigenvalue weighted by Gasteiger charge is -2.13. The molecule has 7 aromatic rings. The van der Waals surface area contributed by atoms with E-state index < -0.39 is 0 Å². The van der Waals surface area contributed by atoms with Crippen LogP contribution in [0.3, 0.4) is 0 Å². The minimum Gasteiger partial charge on any atom is -0.264 e. The van der Waals surface area contributed by atoms with E-state index in [-0.39, 0.29) is 0 Å². The summed E-state index contributed by atoms with van der Waals surface area (Å²) in [6, 6.07) is 49.4. The van der Waals surface area contributed by atoms with Gasteiger partial charge in [0.2, 0.25) is 0 Å². The smallest absolute Gasteiger partial charge is 0.0702 e. The van der Waals surface area contributed by atoms with Crippen molar-refractivity contribution in [3.63, 3.8) is 0 Å². The predicted molar refractivity (Wildman–Crippen MR) is 198 cm³/mol. The fourth-order valence-corrected chi connectivity index (χ4v) is 6.27. The number of hydrogen-bond acceptors (Lipinski definition) is 3. The lowest BCUT2D eigenvalue weighted by molar-refractivity contribution is 0.876. The normalized spacial score (nSPS) is 11.0. The number of benzene rings is 4. The van der Waals surface area contributed by atoms with Gasteiger partial charge in [-0.3, -0.25) is 15.0 Å². The van der Waals surface area contributed by atoms with Gasteiger partial charge in [0.25, 0.3) is 0 Å². The topological polar surface area (TPSA) is 38.7 Å². The van der Waals surface area contributed by atoms with E-state index >= 15 is 0 Å². The van der Waals surface area contributed by atoms with Crippen molar-refractivity contribution in [1.82, 2.24) is 15.0 Å². The number of rotatable bonds is 12. The van der Waals surface area contributed by atoms with Gasteiger partial charge in [-0.2, -0.15) is 0 Å². The number of aryl methyl sites for hydroxylation is 6. The highest BCUT2D eigenvalue weighted by atomic mass is 14.7. The summed E-state index contributed by atoms with van der Waals surface area (Å²) in [5.41, 5.74) is 14.7. The molecule has 3 aromatic heterocycles. The number of aromatic nitrogens is 3. The Hall–Kier alpha value is -5.67. The molecule has 3 heteroatoms. The van der Waals surface area contributed by atoms with Gasteiger partial charge in [-0.05, 0) is 95.7 Å². The van der Waals surface area contributed by atoms with Crippen LogP contribution >= 0.6 is 0 Å². The molecule has 0 atom stereocenters. The molecule has 0 saturated carbocycles. The highest BCUT2D eigenvalue weighted by molar-refractivity contribution is 5.63. The van der Waals surface area contributed by atoms with E-state index in [2.05, 4.69) is 132 Å². The maximum absolute atomic E-state index is 4.79. The summed E-state index contributed by atoms with van der Waals surface area (Å²) in [6.45, 7) is 0. The standard InChI is InChI=1S/C45H39N3/c1-4-10-38(11-5-1)43-29-37(30-46-33-43)17-16-34-18-23-39(24-19-35-21-26-44(47-31-35)40-12-6-2-7-13-40)42(28-34)25-20-36-22-27-45(48-32-36)41-14-8-3-9-15-41/h1-15,18,21-23,26-33H,16-17,19-20,24-25H2. The van der Waals surface area contributed by atoms with E-state index in [1.807, 2.05) is 36.9 Å². The summed E-state index contributed by atoms with van der Waals surface area (Å²) in [5, 5.41) is 0. The van der Waals surface area contributed by atoms with Crippen LogP contribution in [-0.4, -0.2) is 15.0 Å². The fraction of sp³-hybridized carbons (Fsp3) is 0.133. The van der Waals surface area contributed by atoms with Crippen LogP contribution in [0, 0.1) is 0 Å². The van der Waals surface area contributed by atoms with E-state index in [0.717, 1.165) is 61.0 Å². The largest absolute Gasteiger partial charge is 0.264 e. The summed E-state index contributed by atoms with van der Waals surface area (Å²) in [5.74, 6) is 0. The first kappa shape index (κ1) is 31.0. The third-order valence-electron chi connectivity index (χ3n) is 9.03. The molecular formula is C45H39N3. The number of nitrogens with zero attached hydrogens (tertiary/aromatic N) is 3. The molecule has 48 heavy (non-hydrogen) atoms. The Bertz CT molecular complexity index is 2040. The minimum absolute atomic E-state index is 0.953. The first-order chi connectivity index (χ1) is 23.8. The van der Waals surface area contributed by atoms with Crippen molar-refractivity contribution < 1.29 is 0 Å². The monoisotopic (exact) mass is 621 g/mol. The third-order valence-corrected chi connectivity index (χ3v) is 9.03.